The van der Waals surface area contributed by atoms with E-state index in [-0.39, 0.29) is 43.7 Å². The predicted octanol–water partition coefficient (Wildman–Crippen LogP) is 4.84. The lowest BCUT2D eigenvalue weighted by Crippen LogP contribution is -2.48. The SMILES string of the molecule is CC(C)CNC(=O)[C@@H](C)N(Cc1cccc(Br)c1)C(=O)CCCN(c1cccc(Cl)c1)S(C)(=O)=O. The number of carbonyl (C=O) groups excluding carboxylic acids is 2. The van der Waals surface area contributed by atoms with Gasteiger partial charge in [-0.2, -0.15) is 0 Å². The Morgan fingerprint density at radius 3 is 2.37 bits per heavy atom. The summed E-state index contributed by atoms with van der Waals surface area (Å²) in [5.74, 6) is -0.163. The highest BCUT2D eigenvalue weighted by Crippen LogP contribution is 2.23. The molecule has 2 aromatic carbocycles. The first-order valence-electron chi connectivity index (χ1n) is 11.4. The molecular formula is C25H33BrClN3O4S. The zero-order valence-corrected chi connectivity index (χ0v) is 23.7. The second-order valence-electron chi connectivity index (χ2n) is 8.89. The Morgan fingerprint density at radius 2 is 1.77 bits per heavy atom. The normalized spacial score (nSPS) is 12.3. The molecular weight excluding hydrogens is 554 g/mol. The van der Waals surface area contributed by atoms with Crippen LogP contribution in [-0.2, 0) is 26.2 Å². The largest absolute Gasteiger partial charge is 0.354 e. The van der Waals surface area contributed by atoms with Gasteiger partial charge in [0.1, 0.15) is 6.04 Å². The minimum Gasteiger partial charge on any atom is -0.354 e. The van der Waals surface area contributed by atoms with Crippen LogP contribution in [0.25, 0.3) is 0 Å². The van der Waals surface area contributed by atoms with Gasteiger partial charge in [-0.3, -0.25) is 13.9 Å². The Balaban J connectivity index is 2.16. The van der Waals surface area contributed by atoms with Crippen LogP contribution < -0.4 is 9.62 Å². The molecule has 1 atom stereocenters. The van der Waals surface area contributed by atoms with Crippen molar-refractivity contribution < 1.29 is 18.0 Å². The molecule has 2 amide bonds. The highest BCUT2D eigenvalue weighted by molar-refractivity contribution is 9.10. The van der Waals surface area contributed by atoms with E-state index < -0.39 is 16.1 Å². The minimum atomic E-state index is -3.57. The van der Waals surface area contributed by atoms with E-state index in [0.717, 1.165) is 16.3 Å². The van der Waals surface area contributed by atoms with Crippen molar-refractivity contribution in [3.05, 3.63) is 63.6 Å². The highest BCUT2D eigenvalue weighted by atomic mass is 79.9. The van der Waals surface area contributed by atoms with Crippen LogP contribution in [-0.4, -0.2) is 50.5 Å². The van der Waals surface area contributed by atoms with Gasteiger partial charge >= 0.3 is 0 Å². The summed E-state index contributed by atoms with van der Waals surface area (Å²) in [6.45, 7) is 6.61. The molecule has 0 saturated heterocycles. The number of benzene rings is 2. The molecule has 0 heterocycles. The van der Waals surface area contributed by atoms with Crippen molar-refractivity contribution in [1.29, 1.82) is 0 Å². The zero-order chi connectivity index (χ0) is 26.2. The summed E-state index contributed by atoms with van der Waals surface area (Å²) in [5.41, 5.74) is 1.33. The Kier molecular flexibility index (Phi) is 11.0. The Labute approximate surface area is 222 Å². The average Bonchev–Trinajstić information content (AvgIpc) is 2.77. The molecule has 35 heavy (non-hydrogen) atoms. The monoisotopic (exact) mass is 585 g/mol. The number of nitrogens with one attached hydrogen (secondary N) is 1. The summed E-state index contributed by atoms with van der Waals surface area (Å²) in [6, 6.07) is 13.5. The predicted molar refractivity (Wildman–Crippen MR) is 145 cm³/mol. The minimum absolute atomic E-state index is 0.0857. The Bertz CT molecular complexity index is 1130. The molecule has 0 spiro atoms. The molecule has 0 radical (unpaired) electrons. The number of anilines is 1. The van der Waals surface area contributed by atoms with Crippen LogP contribution in [0.2, 0.25) is 5.02 Å². The van der Waals surface area contributed by atoms with Gasteiger partial charge in [-0.15, -0.1) is 0 Å². The third-order valence-corrected chi connectivity index (χ3v) is 7.26. The van der Waals surface area contributed by atoms with Crippen LogP contribution in [0.4, 0.5) is 5.69 Å². The zero-order valence-electron chi connectivity index (χ0n) is 20.5. The molecule has 192 valence electrons. The topological polar surface area (TPSA) is 86.8 Å². The van der Waals surface area contributed by atoms with Crippen LogP contribution in [0.3, 0.4) is 0 Å². The molecule has 0 unspecified atom stereocenters. The van der Waals surface area contributed by atoms with Crippen molar-refractivity contribution in [3.63, 3.8) is 0 Å². The van der Waals surface area contributed by atoms with Crippen molar-refractivity contribution in [2.24, 2.45) is 5.92 Å². The second-order valence-corrected chi connectivity index (χ2v) is 12.1. The van der Waals surface area contributed by atoms with E-state index in [4.69, 9.17) is 11.6 Å². The van der Waals surface area contributed by atoms with Crippen molar-refractivity contribution in [1.82, 2.24) is 10.2 Å². The van der Waals surface area contributed by atoms with E-state index in [2.05, 4.69) is 21.2 Å². The van der Waals surface area contributed by atoms with Gasteiger partial charge in [-0.1, -0.05) is 59.6 Å². The Hall–Kier alpha value is -2.10. The van der Waals surface area contributed by atoms with Gasteiger partial charge < -0.3 is 10.2 Å². The molecule has 0 saturated carbocycles. The summed E-state index contributed by atoms with van der Waals surface area (Å²) in [6.07, 6.45) is 1.49. The van der Waals surface area contributed by atoms with Gasteiger partial charge in [0.05, 0.1) is 11.9 Å². The lowest BCUT2D eigenvalue weighted by Gasteiger charge is -2.29. The van der Waals surface area contributed by atoms with Gasteiger partial charge in [0.25, 0.3) is 0 Å². The summed E-state index contributed by atoms with van der Waals surface area (Å²) < 4.78 is 26.9. The van der Waals surface area contributed by atoms with Gasteiger partial charge in [-0.25, -0.2) is 8.42 Å². The molecule has 0 aliphatic heterocycles. The third kappa shape index (κ3) is 9.46. The lowest BCUT2D eigenvalue weighted by molar-refractivity contribution is -0.140. The van der Waals surface area contributed by atoms with Gasteiger partial charge in [0.2, 0.25) is 21.8 Å². The fourth-order valence-electron chi connectivity index (χ4n) is 3.50. The number of rotatable bonds is 12. The van der Waals surface area contributed by atoms with Gasteiger partial charge in [0.15, 0.2) is 0 Å². The third-order valence-electron chi connectivity index (χ3n) is 5.34. The van der Waals surface area contributed by atoms with Crippen LogP contribution in [0, 0.1) is 5.92 Å². The average molecular weight is 587 g/mol. The van der Waals surface area contributed by atoms with Crippen LogP contribution in [0.5, 0.6) is 0 Å². The summed E-state index contributed by atoms with van der Waals surface area (Å²) in [5, 5.41) is 3.32. The quantitative estimate of drug-likeness (QED) is 0.386. The maximum absolute atomic E-state index is 13.3. The maximum atomic E-state index is 13.3. The number of halogens is 2. The molecule has 0 aromatic heterocycles. The molecule has 1 N–H and O–H groups in total. The standard InChI is InChI=1S/C25H33BrClN3O4S/c1-18(2)16-28-25(32)19(3)29(17-20-8-5-9-21(26)14-20)24(31)12-7-13-30(35(4,33)34)23-11-6-10-22(27)15-23/h5-6,8-11,14-15,18-19H,7,12-13,16-17H2,1-4H3,(H,28,32)/t19-/m1/s1. The number of amides is 2. The van der Waals surface area contributed by atoms with Crippen molar-refractivity contribution in [2.45, 2.75) is 46.2 Å². The first-order valence-corrected chi connectivity index (χ1v) is 14.4. The molecule has 0 aliphatic rings. The second kappa shape index (κ2) is 13.3. The number of carbonyl (C=O) groups is 2. The molecule has 0 bridgehead atoms. The summed E-state index contributed by atoms with van der Waals surface area (Å²) >= 11 is 9.48. The molecule has 0 fully saturated rings. The van der Waals surface area contributed by atoms with E-state index in [9.17, 15) is 18.0 Å². The van der Waals surface area contributed by atoms with Gasteiger partial charge in [0, 0.05) is 35.6 Å². The number of sulfonamides is 1. The van der Waals surface area contributed by atoms with Crippen molar-refractivity contribution >= 4 is 55.1 Å². The molecule has 0 aliphatic carbocycles. The number of hydrogen-bond acceptors (Lipinski definition) is 4. The first-order chi connectivity index (χ1) is 16.4. The smallest absolute Gasteiger partial charge is 0.242 e. The van der Waals surface area contributed by atoms with E-state index in [1.807, 2.05) is 38.1 Å². The van der Waals surface area contributed by atoms with E-state index >= 15 is 0 Å². The molecule has 2 aromatic rings. The van der Waals surface area contributed by atoms with Gasteiger partial charge in [-0.05, 0) is 55.2 Å². The van der Waals surface area contributed by atoms with Crippen LogP contribution >= 0.6 is 27.5 Å². The highest BCUT2D eigenvalue weighted by Gasteiger charge is 2.26. The molecule has 2 rings (SSSR count). The number of hydrogen-bond donors (Lipinski definition) is 1. The number of nitrogens with zero attached hydrogens (tertiary/aromatic N) is 2. The van der Waals surface area contributed by atoms with E-state index in [1.54, 1.807) is 36.1 Å². The Morgan fingerprint density at radius 1 is 1.09 bits per heavy atom. The molecule has 10 heteroatoms. The van der Waals surface area contributed by atoms with E-state index in [1.165, 1.54) is 4.31 Å². The lowest BCUT2D eigenvalue weighted by atomic mass is 10.1. The van der Waals surface area contributed by atoms with Crippen molar-refractivity contribution in [2.75, 3.05) is 23.7 Å². The van der Waals surface area contributed by atoms with Crippen LogP contribution in [0.15, 0.2) is 53.0 Å². The van der Waals surface area contributed by atoms with E-state index in [0.29, 0.717) is 17.3 Å². The summed E-state index contributed by atoms with van der Waals surface area (Å²) in [7, 11) is -3.57. The first kappa shape index (κ1) is 29.1. The van der Waals surface area contributed by atoms with Crippen LogP contribution in [0.1, 0.15) is 39.2 Å². The summed E-state index contributed by atoms with van der Waals surface area (Å²) in [4.78, 5) is 27.6. The van der Waals surface area contributed by atoms with Crippen molar-refractivity contribution in [3.8, 4) is 0 Å². The fraction of sp³-hybridized carbons (Fsp3) is 0.440. The molecule has 7 nitrogen and oxygen atoms in total. The fourth-order valence-corrected chi connectivity index (χ4v) is 5.09. The maximum Gasteiger partial charge on any atom is 0.242 e.